The van der Waals surface area contributed by atoms with Crippen LogP contribution in [-0.4, -0.2) is 42.8 Å². The van der Waals surface area contributed by atoms with Crippen LogP contribution in [-0.2, 0) is 10.1 Å². The second-order valence-corrected chi connectivity index (χ2v) is 11.0. The molecule has 1 N–H and O–H groups in total. The van der Waals surface area contributed by atoms with Gasteiger partial charge in [0.2, 0.25) is 0 Å². The van der Waals surface area contributed by atoms with Crippen molar-refractivity contribution in [2.75, 3.05) is 25.4 Å². The van der Waals surface area contributed by atoms with Crippen LogP contribution in [0.4, 0.5) is 0 Å². The summed E-state index contributed by atoms with van der Waals surface area (Å²) < 4.78 is 33.1. The zero-order valence-electron chi connectivity index (χ0n) is 21.1. The Morgan fingerprint density at radius 2 is 1.22 bits per heavy atom. The summed E-state index contributed by atoms with van der Waals surface area (Å²) in [5.74, 6) is -0.170. The van der Waals surface area contributed by atoms with Gasteiger partial charge < -0.3 is 4.48 Å². The summed E-state index contributed by atoms with van der Waals surface area (Å²) in [4.78, 5) is 0. The third-order valence-corrected chi connectivity index (χ3v) is 7.93. The number of hydrogen-bond acceptors (Lipinski definition) is 2. The second-order valence-electron chi connectivity index (χ2n) is 9.46. The molecule has 0 aliphatic carbocycles. The molecule has 1 unspecified atom stereocenters. The van der Waals surface area contributed by atoms with Gasteiger partial charge in [-0.2, -0.15) is 8.42 Å². The minimum atomic E-state index is -3.96. The summed E-state index contributed by atoms with van der Waals surface area (Å²) in [5, 5.41) is 0. The molecule has 0 heterocycles. The van der Waals surface area contributed by atoms with Crippen LogP contribution in [0.1, 0.15) is 116 Å². The molecule has 1 rings (SSSR count). The van der Waals surface area contributed by atoms with E-state index < -0.39 is 10.1 Å². The van der Waals surface area contributed by atoms with E-state index in [9.17, 15) is 13.0 Å². The van der Waals surface area contributed by atoms with Crippen molar-refractivity contribution in [3.63, 3.8) is 0 Å². The van der Waals surface area contributed by atoms with Crippen LogP contribution in [0.3, 0.4) is 0 Å². The average Bonchev–Trinajstić information content (AvgIpc) is 2.79. The Morgan fingerprint density at radius 3 is 1.66 bits per heavy atom. The highest BCUT2D eigenvalue weighted by molar-refractivity contribution is 7.85. The molecule has 4 nitrogen and oxygen atoms in total. The van der Waals surface area contributed by atoms with Crippen molar-refractivity contribution in [1.29, 1.82) is 0 Å². The molecule has 0 amide bonds. The molecule has 0 aliphatic heterocycles. The van der Waals surface area contributed by atoms with Crippen LogP contribution >= 0.6 is 0 Å². The number of quaternary nitrogens is 1. The monoisotopic (exact) mass is 468 g/mol. The van der Waals surface area contributed by atoms with Crippen LogP contribution < -0.4 is 0 Å². The highest BCUT2D eigenvalue weighted by Crippen LogP contribution is 2.33. The first kappa shape index (κ1) is 29.1. The molecule has 0 aromatic heterocycles. The second kappa shape index (κ2) is 16.7. The van der Waals surface area contributed by atoms with E-state index in [1.54, 1.807) is 0 Å². The number of nitrogens with zero attached hydrogens (tertiary/aromatic N) is 1. The normalized spacial score (nSPS) is 13.4. The quantitative estimate of drug-likeness (QED) is 0.122. The summed E-state index contributed by atoms with van der Waals surface area (Å²) in [6.07, 6.45) is 17.1. The van der Waals surface area contributed by atoms with E-state index in [1.807, 2.05) is 6.07 Å². The lowest BCUT2D eigenvalue weighted by Gasteiger charge is -2.44. The largest absolute Gasteiger partial charge is 0.317 e. The predicted molar refractivity (Wildman–Crippen MR) is 138 cm³/mol. The molecule has 0 saturated carbocycles. The molecular weight excluding hydrogens is 418 g/mol. The van der Waals surface area contributed by atoms with Gasteiger partial charge in [0.25, 0.3) is 10.1 Å². The Balaban J connectivity index is 2.51. The van der Waals surface area contributed by atoms with Crippen LogP contribution in [0.15, 0.2) is 30.3 Å². The van der Waals surface area contributed by atoms with Gasteiger partial charge in [-0.15, -0.1) is 0 Å². The molecule has 0 bridgehead atoms. The molecule has 0 fully saturated rings. The van der Waals surface area contributed by atoms with Gasteiger partial charge in [0.15, 0.2) is 0 Å². The minimum absolute atomic E-state index is 0.170. The van der Waals surface area contributed by atoms with Crippen LogP contribution in [0, 0.1) is 0 Å². The molecule has 1 atom stereocenters. The van der Waals surface area contributed by atoms with Gasteiger partial charge in [-0.25, -0.2) is 0 Å². The Hall–Kier alpha value is -0.910. The van der Waals surface area contributed by atoms with E-state index in [0.717, 1.165) is 19.5 Å². The predicted octanol–water partition coefficient (Wildman–Crippen LogP) is 7.56. The standard InChI is InChI=1S/C27H49NO3S/c1-4-7-8-9-10-11-12-13-14-15-16-20-23-27(26-21-18-17-19-22-26)28(5-2,6-3)24-25-32(29,30)31/h17-19,21-22,27H,4-16,20,23-25H2,1-3H3/p+1. The van der Waals surface area contributed by atoms with Crippen molar-refractivity contribution in [2.24, 2.45) is 0 Å². The number of rotatable bonds is 20. The van der Waals surface area contributed by atoms with Gasteiger partial charge in [-0.1, -0.05) is 108 Å². The lowest BCUT2D eigenvalue weighted by molar-refractivity contribution is -0.952. The maximum Gasteiger partial charge on any atom is 0.270 e. The summed E-state index contributed by atoms with van der Waals surface area (Å²) >= 11 is 0. The molecule has 0 aliphatic rings. The zero-order chi connectivity index (χ0) is 23.7. The van der Waals surface area contributed by atoms with Gasteiger partial charge >= 0.3 is 0 Å². The number of benzene rings is 1. The first-order valence-corrected chi connectivity index (χ1v) is 14.8. The zero-order valence-corrected chi connectivity index (χ0v) is 21.9. The van der Waals surface area contributed by atoms with E-state index in [1.165, 1.54) is 82.6 Å². The molecule has 1 aromatic carbocycles. The van der Waals surface area contributed by atoms with E-state index in [0.29, 0.717) is 11.0 Å². The van der Waals surface area contributed by atoms with Gasteiger partial charge in [-0.05, 0) is 20.3 Å². The highest BCUT2D eigenvalue weighted by atomic mass is 32.2. The molecule has 0 radical (unpaired) electrons. The van der Waals surface area contributed by atoms with Crippen molar-refractivity contribution in [3.05, 3.63) is 35.9 Å². The number of unbranched alkanes of at least 4 members (excludes halogenated alkanes) is 11. The van der Waals surface area contributed by atoms with Crippen LogP contribution in [0.5, 0.6) is 0 Å². The Kier molecular flexibility index (Phi) is 15.2. The molecule has 186 valence electrons. The maximum atomic E-state index is 11.5. The first-order chi connectivity index (χ1) is 15.4. The van der Waals surface area contributed by atoms with Crippen molar-refractivity contribution in [1.82, 2.24) is 0 Å². The lowest BCUT2D eigenvalue weighted by Crippen LogP contribution is -2.52. The third kappa shape index (κ3) is 11.8. The van der Waals surface area contributed by atoms with E-state index in [4.69, 9.17) is 0 Å². The summed E-state index contributed by atoms with van der Waals surface area (Å²) in [6.45, 7) is 8.75. The molecule has 0 spiro atoms. The molecule has 5 heteroatoms. The first-order valence-electron chi connectivity index (χ1n) is 13.2. The molecule has 32 heavy (non-hydrogen) atoms. The summed E-state index contributed by atoms with van der Waals surface area (Å²) in [6, 6.07) is 10.8. The van der Waals surface area contributed by atoms with Crippen LogP contribution in [0.25, 0.3) is 0 Å². The van der Waals surface area contributed by atoms with E-state index in [2.05, 4.69) is 45.0 Å². The van der Waals surface area contributed by atoms with Gasteiger partial charge in [0.05, 0.1) is 19.6 Å². The average molecular weight is 469 g/mol. The fourth-order valence-corrected chi connectivity index (χ4v) is 5.64. The topological polar surface area (TPSA) is 54.4 Å². The molecule has 0 saturated heterocycles. The molecular formula is C27H50NO3S+. The lowest BCUT2D eigenvalue weighted by atomic mass is 9.95. The van der Waals surface area contributed by atoms with E-state index >= 15 is 0 Å². The smallest absolute Gasteiger partial charge is 0.270 e. The van der Waals surface area contributed by atoms with Crippen molar-refractivity contribution >= 4 is 10.1 Å². The van der Waals surface area contributed by atoms with Crippen molar-refractivity contribution in [2.45, 2.75) is 110 Å². The Bertz CT molecular complexity index is 671. The highest BCUT2D eigenvalue weighted by Gasteiger charge is 2.35. The molecule has 1 aromatic rings. The number of hydrogen-bond donors (Lipinski definition) is 1. The third-order valence-electron chi connectivity index (χ3n) is 7.23. The van der Waals surface area contributed by atoms with E-state index in [-0.39, 0.29) is 11.8 Å². The fraction of sp³-hybridized carbons (Fsp3) is 0.778. The van der Waals surface area contributed by atoms with Crippen LogP contribution in [0.2, 0.25) is 0 Å². The van der Waals surface area contributed by atoms with Gasteiger partial charge in [0.1, 0.15) is 11.8 Å². The summed E-state index contributed by atoms with van der Waals surface area (Å²) in [7, 11) is -3.96. The fourth-order valence-electron chi connectivity index (χ4n) is 5.04. The Labute approximate surface area is 199 Å². The maximum absolute atomic E-state index is 11.5. The van der Waals surface area contributed by atoms with Gasteiger partial charge in [-0.3, -0.25) is 4.55 Å². The minimum Gasteiger partial charge on any atom is -0.317 e. The SMILES string of the molecule is CCCCCCCCCCCCCCC(c1ccccc1)[N+](CC)(CC)CCS(=O)(=O)O. The van der Waals surface area contributed by atoms with Crippen molar-refractivity contribution < 1.29 is 17.5 Å². The Morgan fingerprint density at radius 1 is 0.750 bits per heavy atom. The van der Waals surface area contributed by atoms with Crippen molar-refractivity contribution in [3.8, 4) is 0 Å². The summed E-state index contributed by atoms with van der Waals surface area (Å²) in [5.41, 5.74) is 1.29. The van der Waals surface area contributed by atoms with Gasteiger partial charge in [0, 0.05) is 12.0 Å².